The molecule has 5 nitrogen and oxygen atoms in total. The summed E-state index contributed by atoms with van der Waals surface area (Å²) in [6, 6.07) is 7.08. The van der Waals surface area contributed by atoms with Crippen LogP contribution in [0.5, 0.6) is 0 Å². The van der Waals surface area contributed by atoms with Crippen LogP contribution in [0.3, 0.4) is 0 Å². The van der Waals surface area contributed by atoms with Gasteiger partial charge in [-0.25, -0.2) is 0 Å². The molecule has 1 atom stereocenters. The van der Waals surface area contributed by atoms with Gasteiger partial charge in [0.1, 0.15) is 0 Å². The first-order valence-corrected chi connectivity index (χ1v) is 7.16. The van der Waals surface area contributed by atoms with Crippen LogP contribution >= 0.6 is 0 Å². The molecule has 0 aliphatic carbocycles. The van der Waals surface area contributed by atoms with E-state index >= 15 is 0 Å². The van der Waals surface area contributed by atoms with E-state index in [1.54, 1.807) is 24.3 Å². The molecule has 116 valence electrons. The summed E-state index contributed by atoms with van der Waals surface area (Å²) in [6.45, 7) is 7.91. The van der Waals surface area contributed by atoms with Gasteiger partial charge in [-0.15, -0.1) is 0 Å². The Labute approximate surface area is 126 Å². The van der Waals surface area contributed by atoms with Gasteiger partial charge in [-0.3, -0.25) is 9.59 Å². The van der Waals surface area contributed by atoms with Crippen LogP contribution in [0.4, 0.5) is 11.4 Å². The van der Waals surface area contributed by atoms with Gasteiger partial charge >= 0.3 is 0 Å². The minimum Gasteiger partial charge on any atom is -0.330 e. The number of rotatable bonds is 5. The Kier molecular flexibility index (Phi) is 5.90. The number of hydrogen-bond acceptors (Lipinski definition) is 3. The van der Waals surface area contributed by atoms with Gasteiger partial charge in [0.05, 0.1) is 0 Å². The van der Waals surface area contributed by atoms with Gasteiger partial charge in [-0.05, 0) is 37.2 Å². The summed E-state index contributed by atoms with van der Waals surface area (Å²) < 4.78 is 0. The second-order valence-electron chi connectivity index (χ2n) is 6.25. The van der Waals surface area contributed by atoms with E-state index in [1.807, 2.05) is 27.7 Å². The Balaban J connectivity index is 2.62. The summed E-state index contributed by atoms with van der Waals surface area (Å²) in [5, 5.41) is 5.67. The van der Waals surface area contributed by atoms with Crippen molar-refractivity contribution in [2.75, 3.05) is 17.2 Å². The van der Waals surface area contributed by atoms with E-state index in [4.69, 9.17) is 5.73 Å². The standard InChI is InChI=1S/C16H25N3O2/c1-11(9-10-17)14(20)18-12-5-7-13(8-6-12)19-15(21)16(2,3)4/h5-8,11H,9-10,17H2,1-4H3,(H,18,20)(H,19,21). The molecular weight excluding hydrogens is 266 g/mol. The maximum atomic E-state index is 11.9. The molecule has 21 heavy (non-hydrogen) atoms. The number of carbonyl (C=O) groups is 2. The van der Waals surface area contributed by atoms with Crippen LogP contribution in [0.2, 0.25) is 0 Å². The van der Waals surface area contributed by atoms with E-state index in [2.05, 4.69) is 10.6 Å². The van der Waals surface area contributed by atoms with Gasteiger partial charge in [0, 0.05) is 22.7 Å². The lowest BCUT2D eigenvalue weighted by molar-refractivity contribution is -0.123. The number of carbonyl (C=O) groups excluding carboxylic acids is 2. The van der Waals surface area contributed by atoms with Crippen LogP contribution in [0.1, 0.15) is 34.1 Å². The highest BCUT2D eigenvalue weighted by Gasteiger charge is 2.21. The molecule has 1 unspecified atom stereocenters. The molecule has 0 aliphatic heterocycles. The Morgan fingerprint density at radius 1 is 1.10 bits per heavy atom. The SMILES string of the molecule is CC(CCN)C(=O)Nc1ccc(NC(=O)C(C)(C)C)cc1. The van der Waals surface area contributed by atoms with E-state index in [9.17, 15) is 9.59 Å². The van der Waals surface area contributed by atoms with Gasteiger partial charge in [-0.1, -0.05) is 27.7 Å². The molecule has 0 radical (unpaired) electrons. The maximum Gasteiger partial charge on any atom is 0.229 e. The molecule has 1 aromatic rings. The molecule has 0 fully saturated rings. The van der Waals surface area contributed by atoms with Gasteiger partial charge in [-0.2, -0.15) is 0 Å². The lowest BCUT2D eigenvalue weighted by atomic mass is 9.95. The van der Waals surface area contributed by atoms with Crippen molar-refractivity contribution in [1.82, 2.24) is 0 Å². The van der Waals surface area contributed by atoms with E-state index in [0.29, 0.717) is 24.3 Å². The van der Waals surface area contributed by atoms with Crippen LogP contribution < -0.4 is 16.4 Å². The fourth-order valence-electron chi connectivity index (χ4n) is 1.60. The summed E-state index contributed by atoms with van der Waals surface area (Å²) in [5.41, 5.74) is 6.42. The van der Waals surface area contributed by atoms with Crippen molar-refractivity contribution in [3.63, 3.8) is 0 Å². The van der Waals surface area contributed by atoms with Gasteiger partial charge < -0.3 is 16.4 Å². The fourth-order valence-corrected chi connectivity index (χ4v) is 1.60. The molecular formula is C16H25N3O2. The predicted molar refractivity (Wildman–Crippen MR) is 86.0 cm³/mol. The lowest BCUT2D eigenvalue weighted by Gasteiger charge is -2.18. The summed E-state index contributed by atoms with van der Waals surface area (Å²) in [7, 11) is 0. The van der Waals surface area contributed by atoms with Crippen molar-refractivity contribution < 1.29 is 9.59 Å². The molecule has 0 aliphatic rings. The monoisotopic (exact) mass is 291 g/mol. The molecule has 5 heteroatoms. The Hall–Kier alpha value is -1.88. The van der Waals surface area contributed by atoms with Crippen molar-refractivity contribution in [3.05, 3.63) is 24.3 Å². The number of amides is 2. The minimum absolute atomic E-state index is 0.0455. The second-order valence-corrected chi connectivity index (χ2v) is 6.25. The largest absolute Gasteiger partial charge is 0.330 e. The van der Waals surface area contributed by atoms with E-state index in [0.717, 1.165) is 0 Å². The minimum atomic E-state index is -0.440. The smallest absolute Gasteiger partial charge is 0.229 e. The Morgan fingerprint density at radius 2 is 1.57 bits per heavy atom. The first-order valence-electron chi connectivity index (χ1n) is 7.16. The first-order chi connectivity index (χ1) is 9.74. The molecule has 0 bridgehead atoms. The van der Waals surface area contributed by atoms with E-state index in [-0.39, 0.29) is 17.7 Å². The third kappa shape index (κ3) is 5.55. The van der Waals surface area contributed by atoms with Gasteiger partial charge in [0.25, 0.3) is 0 Å². The Morgan fingerprint density at radius 3 is 2.00 bits per heavy atom. The van der Waals surface area contributed by atoms with Crippen LogP contribution in [-0.2, 0) is 9.59 Å². The van der Waals surface area contributed by atoms with Crippen molar-refractivity contribution in [2.45, 2.75) is 34.1 Å². The lowest BCUT2D eigenvalue weighted by Crippen LogP contribution is -2.27. The van der Waals surface area contributed by atoms with Gasteiger partial charge in [0.2, 0.25) is 11.8 Å². The topological polar surface area (TPSA) is 84.2 Å². The summed E-state index contributed by atoms with van der Waals surface area (Å²) in [6.07, 6.45) is 0.658. The van der Waals surface area contributed by atoms with Gasteiger partial charge in [0.15, 0.2) is 0 Å². The highest BCUT2D eigenvalue weighted by molar-refractivity contribution is 5.95. The normalized spacial score (nSPS) is 12.6. The quantitative estimate of drug-likeness (QED) is 0.779. The third-order valence-electron chi connectivity index (χ3n) is 3.14. The predicted octanol–water partition coefficient (Wildman–Crippen LogP) is 2.59. The fraction of sp³-hybridized carbons (Fsp3) is 0.500. The maximum absolute atomic E-state index is 11.9. The molecule has 2 amide bonds. The van der Waals surface area contributed by atoms with Crippen molar-refractivity contribution >= 4 is 23.2 Å². The number of anilines is 2. The van der Waals surface area contributed by atoms with Crippen LogP contribution in [0, 0.1) is 11.3 Å². The number of nitrogens with one attached hydrogen (secondary N) is 2. The summed E-state index contributed by atoms with van der Waals surface area (Å²) in [5.74, 6) is -0.210. The summed E-state index contributed by atoms with van der Waals surface area (Å²) >= 11 is 0. The Bertz CT molecular complexity index is 489. The molecule has 4 N–H and O–H groups in total. The molecule has 0 heterocycles. The highest BCUT2D eigenvalue weighted by Crippen LogP contribution is 2.19. The second kappa shape index (κ2) is 7.22. The number of nitrogens with two attached hydrogens (primary N) is 1. The molecule has 0 spiro atoms. The highest BCUT2D eigenvalue weighted by atomic mass is 16.2. The molecule has 0 aromatic heterocycles. The van der Waals surface area contributed by atoms with Crippen LogP contribution in [0.15, 0.2) is 24.3 Å². The van der Waals surface area contributed by atoms with Crippen molar-refractivity contribution in [2.24, 2.45) is 17.1 Å². The average Bonchev–Trinajstić information content (AvgIpc) is 2.40. The number of benzene rings is 1. The molecule has 0 saturated heterocycles. The molecule has 0 saturated carbocycles. The zero-order valence-electron chi connectivity index (χ0n) is 13.2. The zero-order chi connectivity index (χ0) is 16.0. The van der Waals surface area contributed by atoms with Crippen molar-refractivity contribution in [3.8, 4) is 0 Å². The zero-order valence-corrected chi connectivity index (χ0v) is 13.2. The van der Waals surface area contributed by atoms with E-state index < -0.39 is 5.41 Å². The average molecular weight is 291 g/mol. The van der Waals surface area contributed by atoms with Crippen LogP contribution in [0.25, 0.3) is 0 Å². The summed E-state index contributed by atoms with van der Waals surface area (Å²) in [4.78, 5) is 23.7. The molecule has 1 rings (SSSR count). The first kappa shape index (κ1) is 17.2. The van der Waals surface area contributed by atoms with Crippen LogP contribution in [-0.4, -0.2) is 18.4 Å². The number of hydrogen-bond donors (Lipinski definition) is 3. The third-order valence-corrected chi connectivity index (χ3v) is 3.14. The molecule has 1 aromatic carbocycles. The van der Waals surface area contributed by atoms with Crippen molar-refractivity contribution in [1.29, 1.82) is 0 Å². The van der Waals surface area contributed by atoms with E-state index in [1.165, 1.54) is 0 Å².